The predicted octanol–water partition coefficient (Wildman–Crippen LogP) is 26.8. The Bertz CT molecular complexity index is 5600. The van der Waals surface area contributed by atoms with Crippen molar-refractivity contribution in [2.75, 3.05) is 0 Å². The first-order chi connectivity index (χ1) is 57.4. The van der Waals surface area contributed by atoms with E-state index in [-0.39, 0.29) is 101 Å². The third-order valence-corrected chi connectivity index (χ3v) is 18.1. The molecule has 0 amide bonds. The van der Waals surface area contributed by atoms with Crippen LogP contribution in [0, 0.1) is 56.3 Å². The van der Waals surface area contributed by atoms with Gasteiger partial charge in [0.25, 0.3) is 0 Å². The number of pyridine rings is 7. The normalized spacial score (nSPS) is 9.74. The molecule has 0 fully saturated rings. The summed E-state index contributed by atoms with van der Waals surface area (Å²) in [6.07, 6.45) is 12.8. The number of rotatable bonds is 12. The Hall–Kier alpha value is -12.1. The molecule has 0 atom stereocenters. The minimum atomic E-state index is 0. The van der Waals surface area contributed by atoms with Crippen molar-refractivity contribution >= 4 is 0 Å². The molecule has 7 aromatic heterocycles. The second-order valence-electron chi connectivity index (χ2n) is 26.3. The van der Waals surface area contributed by atoms with Crippen LogP contribution in [0.15, 0.2) is 450 Å². The molecule has 0 saturated heterocycles. The summed E-state index contributed by atoms with van der Waals surface area (Å²) in [6, 6.07) is 158. The van der Waals surface area contributed by atoms with Gasteiger partial charge in [0, 0.05) is 149 Å². The summed E-state index contributed by atoms with van der Waals surface area (Å²) in [5, 5.41) is 0. The van der Waals surface area contributed by atoms with Gasteiger partial charge in [-0.15, -0.1) is 244 Å². The van der Waals surface area contributed by atoms with Crippen LogP contribution < -0.4 is 0 Å². The zero-order valence-electron chi connectivity index (χ0n) is 66.0. The molecule has 0 aliphatic heterocycles. The average Bonchev–Trinajstić information content (AvgIpc) is 0.899. The van der Waals surface area contributed by atoms with Gasteiger partial charge in [-0.25, -0.2) is 0 Å². The Balaban J connectivity index is 0.000000175. The molecule has 0 spiro atoms. The van der Waals surface area contributed by atoms with Crippen LogP contribution in [0.25, 0.3) is 134 Å². The van der Waals surface area contributed by atoms with E-state index in [9.17, 15) is 0 Å². The Labute approximate surface area is 779 Å². The number of aromatic nitrogens is 7. The van der Waals surface area contributed by atoms with E-state index in [0.717, 1.165) is 78.8 Å². The molecule has 5 radical (unpaired) electrons. The van der Waals surface area contributed by atoms with E-state index in [1.54, 1.807) is 31.0 Å². The summed E-state index contributed by atoms with van der Waals surface area (Å²) in [7, 11) is 0. The van der Waals surface area contributed by atoms with Crippen LogP contribution in [0.3, 0.4) is 0 Å². The van der Waals surface area contributed by atoms with Gasteiger partial charge in [-0.3, -0.25) is 0 Å². The van der Waals surface area contributed by atoms with Crippen LogP contribution in [0.5, 0.6) is 0 Å². The fourth-order valence-electron chi connectivity index (χ4n) is 12.2. The predicted molar refractivity (Wildman–Crippen MR) is 476 cm³/mol. The Morgan fingerprint density at radius 1 is 0.182 bits per heavy atom. The molecule has 0 aliphatic rings. The van der Waals surface area contributed by atoms with E-state index in [2.05, 4.69) is 225 Å². The summed E-state index contributed by atoms with van der Waals surface area (Å²) in [4.78, 5) is 30.4. The molecule has 603 valence electrons. The van der Waals surface area contributed by atoms with E-state index in [1.807, 2.05) is 285 Å². The minimum Gasteiger partial charge on any atom is -0.305 e. The minimum absolute atomic E-state index is 0. The molecule has 0 bridgehead atoms. The number of hydrogen-bond donors (Lipinski definition) is 0. The molecule has 12 heteroatoms. The van der Waals surface area contributed by atoms with E-state index in [0.29, 0.717) is 0 Å². The summed E-state index contributed by atoms with van der Waals surface area (Å²) >= 11 is 0. The van der Waals surface area contributed by atoms with E-state index < -0.39 is 0 Å². The average molecular weight is 2450 g/mol. The third-order valence-electron chi connectivity index (χ3n) is 18.1. The van der Waals surface area contributed by atoms with Gasteiger partial charge in [0.15, 0.2) is 0 Å². The van der Waals surface area contributed by atoms with Crippen molar-refractivity contribution in [3.63, 3.8) is 0 Å². The molecule has 0 N–H and O–H groups in total. The molecule has 0 unspecified atom stereocenters. The van der Waals surface area contributed by atoms with Gasteiger partial charge in [-0.05, 0) is 118 Å². The van der Waals surface area contributed by atoms with Crippen molar-refractivity contribution in [3.05, 3.63) is 503 Å². The smallest absolute Gasteiger partial charge is 0.0242 e. The monoisotopic (exact) mass is 2450 g/mol. The Kier molecular flexibility index (Phi) is 40.6. The first kappa shape index (κ1) is 94.4. The molecule has 19 aromatic rings. The molecular weight excluding hydrogens is 2370 g/mol. The van der Waals surface area contributed by atoms with Gasteiger partial charge < -0.3 is 34.9 Å². The van der Waals surface area contributed by atoms with Gasteiger partial charge in [-0.1, -0.05) is 241 Å². The quantitative estimate of drug-likeness (QED) is 0.113. The third kappa shape index (κ3) is 29.4. The van der Waals surface area contributed by atoms with Crippen molar-refractivity contribution in [2.24, 2.45) is 0 Å². The second-order valence-corrected chi connectivity index (χ2v) is 26.3. The standard InChI is InChI=1S/2C18H14N.3C17H12N.2C11H8N.5Ir/c1-14-12-18(16-10-6-3-7-11-16)19-13-17(14)15-8-4-2-5-9-15;1-14-10-11-19-18(12-14)17-9-5-8-16(13-17)15-6-3-2-4-7-15;2*1-2-7-14(8-3-1)15-9-6-10-16(13-15)17-11-4-5-12-18-17;1-2-6-14(7-3-1)15-9-11-16(12-10-15)17-8-4-5-13-18-17;2*1-2-6-10(7-3-1)11-8-4-5-9-12-11;;;;;/h2-10,12-13H,1H3;2-8,10-13H,1H3;2*1-9,11-13H;1-11,13H;2*1-6,8-9H;;;;;/q7*-1;;;;;. The fourth-order valence-corrected chi connectivity index (χ4v) is 12.2. The van der Waals surface area contributed by atoms with Gasteiger partial charge in [0.1, 0.15) is 0 Å². The summed E-state index contributed by atoms with van der Waals surface area (Å²) in [6.45, 7) is 4.20. The molecule has 7 nitrogen and oxygen atoms in total. The van der Waals surface area contributed by atoms with Crippen molar-refractivity contribution in [3.8, 4) is 134 Å². The first-order valence-electron chi connectivity index (χ1n) is 38.1. The van der Waals surface area contributed by atoms with Crippen LogP contribution in [0.4, 0.5) is 0 Å². The zero-order valence-corrected chi connectivity index (χ0v) is 78.0. The topological polar surface area (TPSA) is 90.2 Å². The van der Waals surface area contributed by atoms with Crippen molar-refractivity contribution in [2.45, 2.75) is 13.8 Å². The number of hydrogen-bond acceptors (Lipinski definition) is 7. The maximum atomic E-state index is 4.55. The fraction of sp³-hybridized carbons (Fsp3) is 0.0183. The summed E-state index contributed by atoms with van der Waals surface area (Å²) in [5.74, 6) is 0. The zero-order chi connectivity index (χ0) is 79.2. The first-order valence-corrected chi connectivity index (χ1v) is 38.1. The number of nitrogens with zero attached hydrogens (tertiary/aromatic N) is 7. The van der Waals surface area contributed by atoms with Crippen LogP contribution in [0.1, 0.15) is 11.1 Å². The molecule has 121 heavy (non-hydrogen) atoms. The largest absolute Gasteiger partial charge is 0.305 e. The maximum absolute atomic E-state index is 4.55. The van der Waals surface area contributed by atoms with Gasteiger partial charge in [-0.2, -0.15) is 0 Å². The molecule has 12 aromatic carbocycles. The van der Waals surface area contributed by atoms with Crippen LogP contribution in [-0.4, -0.2) is 34.9 Å². The van der Waals surface area contributed by atoms with Crippen LogP contribution in [-0.2, 0) is 101 Å². The van der Waals surface area contributed by atoms with Gasteiger partial charge in [0.05, 0.1) is 0 Å². The Morgan fingerprint density at radius 3 is 0.785 bits per heavy atom. The molecule has 0 saturated carbocycles. The molecular formula is C109H80Ir5N7-7. The molecule has 19 rings (SSSR count). The molecule has 7 heterocycles. The van der Waals surface area contributed by atoms with E-state index in [1.165, 1.54) is 66.8 Å². The van der Waals surface area contributed by atoms with Crippen molar-refractivity contribution in [1.82, 2.24) is 34.9 Å². The van der Waals surface area contributed by atoms with Crippen molar-refractivity contribution < 1.29 is 101 Å². The second kappa shape index (κ2) is 52.1. The van der Waals surface area contributed by atoms with Gasteiger partial charge >= 0.3 is 0 Å². The van der Waals surface area contributed by atoms with E-state index in [4.69, 9.17) is 0 Å². The van der Waals surface area contributed by atoms with Crippen LogP contribution in [0.2, 0.25) is 0 Å². The number of aryl methyl sites for hydroxylation is 2. The van der Waals surface area contributed by atoms with Gasteiger partial charge in [0.2, 0.25) is 0 Å². The number of benzene rings is 12. The van der Waals surface area contributed by atoms with E-state index >= 15 is 0 Å². The summed E-state index contributed by atoms with van der Waals surface area (Å²) in [5.41, 5.74) is 28.4. The SMILES string of the molecule is Cc1cc(-c2[c-]cccc2)ncc1-c1ccccc1.Cc1ccnc(-c2[c-]ccc(-c3ccccc3)c2)c1.[Ir].[Ir].[Ir].[Ir].[Ir].[c-]1cc(-c2ccccc2)ccc1-c1ccccn1.[c-]1ccc(-c2ccccc2)cc1-c1ccccn1.[c-]1ccc(-c2ccccc2)cc1-c1ccccn1.[c-]1ccccc1-c1ccccn1.[c-]1ccccc1-c1ccccn1. The van der Waals surface area contributed by atoms with Crippen molar-refractivity contribution in [1.29, 1.82) is 0 Å². The maximum Gasteiger partial charge on any atom is 0.0242 e. The Morgan fingerprint density at radius 2 is 0.471 bits per heavy atom. The molecule has 0 aliphatic carbocycles. The summed E-state index contributed by atoms with van der Waals surface area (Å²) < 4.78 is 0. The van der Waals surface area contributed by atoms with Crippen LogP contribution >= 0.6 is 0 Å².